The molecule has 7 nitrogen and oxygen atoms in total. The van der Waals surface area contributed by atoms with E-state index in [-0.39, 0.29) is 17.6 Å². The van der Waals surface area contributed by atoms with Crippen LogP contribution in [0.4, 0.5) is 0 Å². The van der Waals surface area contributed by atoms with Gasteiger partial charge in [0.05, 0.1) is 6.20 Å². The molecule has 0 aliphatic carbocycles. The summed E-state index contributed by atoms with van der Waals surface area (Å²) in [6.07, 6.45) is 10.4. The number of carbonyl (C=O) groups is 1. The molecule has 3 heterocycles. The van der Waals surface area contributed by atoms with Crippen molar-refractivity contribution in [3.63, 3.8) is 0 Å². The molecule has 2 N–H and O–H groups in total. The van der Waals surface area contributed by atoms with E-state index in [9.17, 15) is 15.0 Å². The number of aromatic hydroxyl groups is 1. The fourth-order valence-corrected chi connectivity index (χ4v) is 3.12. The van der Waals surface area contributed by atoms with Gasteiger partial charge in [0.1, 0.15) is 17.7 Å². The molecule has 0 saturated carbocycles. The summed E-state index contributed by atoms with van der Waals surface area (Å²) in [5, 5.41) is 19.9. The lowest BCUT2D eigenvalue weighted by molar-refractivity contribution is -0.128. The van der Waals surface area contributed by atoms with Gasteiger partial charge in [-0.3, -0.25) is 9.78 Å². The van der Waals surface area contributed by atoms with Gasteiger partial charge in [0.2, 0.25) is 5.91 Å². The maximum Gasteiger partial charge on any atom is 0.246 e. The Morgan fingerprint density at radius 2 is 2.12 bits per heavy atom. The Morgan fingerprint density at radius 3 is 2.76 bits per heavy atom. The topological polar surface area (TPSA) is 91.5 Å². The summed E-state index contributed by atoms with van der Waals surface area (Å²) in [6, 6.07) is 1.55. The smallest absolute Gasteiger partial charge is 0.246 e. The third kappa shape index (κ3) is 4.06. The first kappa shape index (κ1) is 17.2. The summed E-state index contributed by atoms with van der Waals surface area (Å²) in [6.45, 7) is 1.21. The van der Waals surface area contributed by atoms with E-state index in [2.05, 4.69) is 9.97 Å². The molecule has 132 valence electrons. The lowest BCUT2D eigenvalue weighted by Crippen LogP contribution is -2.39. The molecule has 1 fully saturated rings. The molecular formula is C18H22N4O3. The summed E-state index contributed by atoms with van der Waals surface area (Å²) >= 11 is 0. The number of piperidine rings is 1. The van der Waals surface area contributed by atoms with Gasteiger partial charge in [-0.2, -0.15) is 0 Å². The number of nitrogens with zero attached hydrogens (tertiary/aromatic N) is 4. The van der Waals surface area contributed by atoms with Gasteiger partial charge in [0, 0.05) is 44.8 Å². The van der Waals surface area contributed by atoms with Crippen LogP contribution >= 0.6 is 0 Å². The predicted molar refractivity (Wildman–Crippen MR) is 92.4 cm³/mol. The van der Waals surface area contributed by atoms with Crippen molar-refractivity contribution in [3.05, 3.63) is 48.3 Å². The van der Waals surface area contributed by atoms with E-state index in [1.807, 2.05) is 17.8 Å². The maximum atomic E-state index is 12.3. The highest BCUT2D eigenvalue weighted by atomic mass is 16.3. The molecular weight excluding hydrogens is 320 g/mol. The van der Waals surface area contributed by atoms with Crippen molar-refractivity contribution in [1.29, 1.82) is 0 Å². The summed E-state index contributed by atoms with van der Waals surface area (Å²) in [5.74, 6) is 0.761. The zero-order valence-electron chi connectivity index (χ0n) is 14.1. The Kier molecular flexibility index (Phi) is 5.14. The molecule has 0 aromatic carbocycles. The second-order valence-corrected chi connectivity index (χ2v) is 6.31. The number of aliphatic hydroxyl groups is 1. The van der Waals surface area contributed by atoms with Crippen molar-refractivity contribution < 1.29 is 15.0 Å². The lowest BCUT2D eigenvalue weighted by Gasteiger charge is -2.33. The van der Waals surface area contributed by atoms with Crippen molar-refractivity contribution in [2.24, 2.45) is 13.0 Å². The number of rotatable bonds is 4. The molecule has 1 atom stereocenters. The van der Waals surface area contributed by atoms with E-state index in [4.69, 9.17) is 0 Å². The van der Waals surface area contributed by atoms with Crippen LogP contribution in [0.3, 0.4) is 0 Å². The maximum absolute atomic E-state index is 12.3. The second-order valence-electron chi connectivity index (χ2n) is 6.31. The molecule has 7 heteroatoms. The fraction of sp³-hybridized carbons (Fsp3) is 0.389. The molecule has 0 bridgehead atoms. The standard InChI is InChI=1S/C18H22N4O3/c1-21-9-6-20-18(21)17(25)14-4-7-22(8-5-14)16(24)3-2-13-10-15(23)12-19-11-13/h2-3,6,9-12,14,17,23,25H,4-5,7-8H2,1H3/b3-2+. The molecule has 2 aromatic heterocycles. The van der Waals surface area contributed by atoms with E-state index >= 15 is 0 Å². The zero-order valence-corrected chi connectivity index (χ0v) is 14.1. The molecule has 0 spiro atoms. The average molecular weight is 342 g/mol. The summed E-state index contributed by atoms with van der Waals surface area (Å²) < 4.78 is 1.83. The minimum atomic E-state index is -0.605. The van der Waals surface area contributed by atoms with Crippen LogP contribution in [0, 0.1) is 5.92 Å². The van der Waals surface area contributed by atoms with E-state index in [0.717, 1.165) is 12.8 Å². The SMILES string of the molecule is Cn1ccnc1C(O)C1CCN(C(=O)/C=C/c2cncc(O)c2)CC1. The molecule has 1 aliphatic heterocycles. The highest BCUT2D eigenvalue weighted by molar-refractivity contribution is 5.91. The third-order valence-corrected chi connectivity index (χ3v) is 4.58. The highest BCUT2D eigenvalue weighted by Crippen LogP contribution is 2.29. The number of hydrogen-bond donors (Lipinski definition) is 2. The Labute approximate surface area is 146 Å². The Hall–Kier alpha value is -2.67. The Bertz CT molecular complexity index is 763. The van der Waals surface area contributed by atoms with Gasteiger partial charge in [-0.1, -0.05) is 0 Å². The third-order valence-electron chi connectivity index (χ3n) is 4.58. The molecule has 1 unspecified atom stereocenters. The van der Waals surface area contributed by atoms with Crippen molar-refractivity contribution >= 4 is 12.0 Å². The van der Waals surface area contributed by atoms with E-state index in [1.54, 1.807) is 29.4 Å². The molecule has 0 radical (unpaired) electrons. The van der Waals surface area contributed by atoms with Gasteiger partial charge in [-0.25, -0.2) is 4.98 Å². The van der Waals surface area contributed by atoms with Crippen LogP contribution in [-0.2, 0) is 11.8 Å². The number of carbonyl (C=O) groups excluding carboxylic acids is 1. The summed E-state index contributed by atoms with van der Waals surface area (Å²) in [7, 11) is 1.87. The lowest BCUT2D eigenvalue weighted by atomic mass is 9.90. The Balaban J connectivity index is 1.55. The van der Waals surface area contributed by atoms with Crippen molar-refractivity contribution in [2.45, 2.75) is 18.9 Å². The first-order chi connectivity index (χ1) is 12.0. The van der Waals surface area contributed by atoms with E-state index < -0.39 is 6.10 Å². The first-order valence-electron chi connectivity index (χ1n) is 8.31. The van der Waals surface area contributed by atoms with Crippen LogP contribution in [0.25, 0.3) is 6.08 Å². The van der Waals surface area contributed by atoms with Gasteiger partial charge in [-0.15, -0.1) is 0 Å². The predicted octanol–water partition coefficient (Wildman–Crippen LogP) is 1.51. The number of likely N-dealkylation sites (tertiary alicyclic amines) is 1. The summed E-state index contributed by atoms with van der Waals surface area (Å²) in [4.78, 5) is 22.1. The first-order valence-corrected chi connectivity index (χ1v) is 8.31. The summed E-state index contributed by atoms with van der Waals surface area (Å²) in [5.41, 5.74) is 0.674. The van der Waals surface area contributed by atoms with Crippen molar-refractivity contribution in [2.75, 3.05) is 13.1 Å². The molecule has 1 aliphatic rings. The molecule has 2 aromatic rings. The molecule has 1 amide bonds. The van der Waals surface area contributed by atoms with Gasteiger partial charge >= 0.3 is 0 Å². The van der Waals surface area contributed by atoms with Crippen LogP contribution in [0.5, 0.6) is 5.75 Å². The molecule has 25 heavy (non-hydrogen) atoms. The van der Waals surface area contributed by atoms with E-state index in [1.165, 1.54) is 12.3 Å². The monoisotopic (exact) mass is 342 g/mol. The van der Waals surface area contributed by atoms with Gasteiger partial charge < -0.3 is 19.7 Å². The van der Waals surface area contributed by atoms with Crippen molar-refractivity contribution in [1.82, 2.24) is 19.4 Å². The number of amides is 1. The van der Waals surface area contributed by atoms with E-state index in [0.29, 0.717) is 24.5 Å². The average Bonchev–Trinajstić information content (AvgIpc) is 3.05. The largest absolute Gasteiger partial charge is 0.506 e. The van der Waals surface area contributed by atoms with Crippen LogP contribution in [0.2, 0.25) is 0 Å². The number of imidazole rings is 1. The minimum absolute atomic E-state index is 0.0682. The number of hydrogen-bond acceptors (Lipinski definition) is 5. The second kappa shape index (κ2) is 7.48. The number of pyridine rings is 1. The van der Waals surface area contributed by atoms with Crippen LogP contribution in [-0.4, -0.2) is 48.6 Å². The van der Waals surface area contributed by atoms with Gasteiger partial charge in [0.25, 0.3) is 0 Å². The minimum Gasteiger partial charge on any atom is -0.506 e. The molecule has 3 rings (SSSR count). The highest BCUT2D eigenvalue weighted by Gasteiger charge is 2.29. The quantitative estimate of drug-likeness (QED) is 0.822. The number of aryl methyl sites for hydroxylation is 1. The van der Waals surface area contributed by atoms with Crippen LogP contribution < -0.4 is 0 Å². The molecule has 1 saturated heterocycles. The fourth-order valence-electron chi connectivity index (χ4n) is 3.12. The zero-order chi connectivity index (χ0) is 17.8. The van der Waals surface area contributed by atoms with Crippen LogP contribution in [0.1, 0.15) is 30.3 Å². The van der Waals surface area contributed by atoms with Crippen LogP contribution in [0.15, 0.2) is 36.9 Å². The number of aliphatic hydroxyl groups excluding tert-OH is 1. The number of aromatic nitrogens is 3. The van der Waals surface area contributed by atoms with Gasteiger partial charge in [-0.05, 0) is 36.5 Å². The Morgan fingerprint density at radius 1 is 1.36 bits per heavy atom. The van der Waals surface area contributed by atoms with Gasteiger partial charge in [0.15, 0.2) is 0 Å². The normalized spacial score (nSPS) is 17.1. The van der Waals surface area contributed by atoms with Crippen molar-refractivity contribution in [3.8, 4) is 5.75 Å².